The molecule has 0 saturated heterocycles. The van der Waals surface area contributed by atoms with Crippen LogP contribution in [0.4, 0.5) is 20.2 Å². The molecule has 128 valence electrons. The lowest BCUT2D eigenvalue weighted by Gasteiger charge is -2.19. The van der Waals surface area contributed by atoms with Gasteiger partial charge in [-0.2, -0.15) is 8.78 Å². The molecule has 1 N–H and O–H groups in total. The van der Waals surface area contributed by atoms with Crippen LogP contribution < -0.4 is 5.32 Å². The maximum atomic E-state index is 12.5. The molecular weight excluding hydrogens is 336 g/mol. The number of halogens is 2. The van der Waals surface area contributed by atoms with E-state index in [2.05, 4.69) is 5.32 Å². The molecule has 0 heterocycles. The molecule has 1 amide bonds. The third-order valence-electron chi connectivity index (χ3n) is 2.91. The SMILES string of the molecule is C[C@H](Nc1ccc(S(=O)(=O)C(F)F)cc1[N+](=O)[O-])C(=O)N(C)C. The molecule has 0 radical (unpaired) electrons. The van der Waals surface area contributed by atoms with Crippen molar-refractivity contribution >= 4 is 27.1 Å². The number of amides is 1. The molecule has 0 aliphatic heterocycles. The van der Waals surface area contributed by atoms with Crippen LogP contribution in [0.5, 0.6) is 0 Å². The lowest BCUT2D eigenvalue weighted by molar-refractivity contribution is -0.384. The molecule has 1 rings (SSSR count). The van der Waals surface area contributed by atoms with Gasteiger partial charge in [0.15, 0.2) is 0 Å². The molecule has 0 saturated carbocycles. The number of rotatable bonds is 6. The number of nitro benzene ring substituents is 1. The van der Waals surface area contributed by atoms with Crippen molar-refractivity contribution in [3.8, 4) is 0 Å². The van der Waals surface area contributed by atoms with Crippen LogP contribution in [0.25, 0.3) is 0 Å². The van der Waals surface area contributed by atoms with Gasteiger partial charge in [-0.3, -0.25) is 14.9 Å². The van der Waals surface area contributed by atoms with Gasteiger partial charge in [0.05, 0.1) is 9.82 Å². The number of nitro groups is 1. The Morgan fingerprint density at radius 1 is 1.35 bits per heavy atom. The van der Waals surface area contributed by atoms with Crippen LogP contribution in [-0.2, 0) is 14.6 Å². The van der Waals surface area contributed by atoms with Gasteiger partial charge in [0, 0.05) is 20.2 Å². The number of alkyl halides is 2. The average molecular weight is 351 g/mol. The summed E-state index contributed by atoms with van der Waals surface area (Å²) < 4.78 is 47.8. The van der Waals surface area contributed by atoms with Crippen LogP contribution in [0, 0.1) is 10.1 Å². The summed E-state index contributed by atoms with van der Waals surface area (Å²) in [5.41, 5.74) is -0.865. The maximum absolute atomic E-state index is 12.5. The Morgan fingerprint density at radius 2 is 1.91 bits per heavy atom. The maximum Gasteiger partial charge on any atom is 0.341 e. The first kappa shape index (κ1) is 18.7. The minimum Gasteiger partial charge on any atom is -0.368 e. The number of nitrogens with one attached hydrogen (secondary N) is 1. The first-order valence-corrected chi connectivity index (χ1v) is 7.81. The summed E-state index contributed by atoms with van der Waals surface area (Å²) in [7, 11) is -1.96. The van der Waals surface area contributed by atoms with Gasteiger partial charge in [0.1, 0.15) is 11.7 Å². The fourth-order valence-electron chi connectivity index (χ4n) is 1.75. The number of carbonyl (C=O) groups excluding carboxylic acids is 1. The smallest absolute Gasteiger partial charge is 0.341 e. The van der Waals surface area contributed by atoms with E-state index >= 15 is 0 Å². The van der Waals surface area contributed by atoms with Gasteiger partial charge in [-0.1, -0.05) is 0 Å². The minimum atomic E-state index is -4.95. The number of hydrogen-bond donors (Lipinski definition) is 1. The van der Waals surface area contributed by atoms with Gasteiger partial charge in [0.25, 0.3) is 5.69 Å². The molecule has 0 aliphatic rings. The minimum absolute atomic E-state index is 0.147. The highest BCUT2D eigenvalue weighted by Crippen LogP contribution is 2.30. The van der Waals surface area contributed by atoms with Gasteiger partial charge in [-0.25, -0.2) is 8.42 Å². The van der Waals surface area contributed by atoms with Crippen molar-refractivity contribution in [2.24, 2.45) is 0 Å². The molecule has 11 heteroatoms. The Hall–Kier alpha value is -2.30. The molecule has 0 fully saturated rings. The Labute approximate surface area is 131 Å². The zero-order chi connectivity index (χ0) is 17.9. The second-order valence-corrected chi connectivity index (χ2v) is 6.76. The molecule has 0 unspecified atom stereocenters. The molecule has 0 aromatic heterocycles. The van der Waals surface area contributed by atoms with Gasteiger partial charge in [0.2, 0.25) is 15.7 Å². The summed E-state index contributed by atoms with van der Waals surface area (Å²) >= 11 is 0. The van der Waals surface area contributed by atoms with E-state index in [1.165, 1.54) is 25.9 Å². The number of likely N-dealkylation sites (N-methyl/N-ethyl adjacent to an activating group) is 1. The monoisotopic (exact) mass is 351 g/mol. The standard InChI is InChI=1S/C12H15F2N3O5S/c1-7(11(18)16(2)3)15-9-5-4-8(6-10(9)17(19)20)23(21,22)12(13)14/h4-7,12,15H,1-3H3/t7-/m0/s1. The number of sulfone groups is 1. The van der Waals surface area contributed by atoms with E-state index in [1.54, 1.807) is 0 Å². The highest BCUT2D eigenvalue weighted by atomic mass is 32.2. The van der Waals surface area contributed by atoms with Gasteiger partial charge < -0.3 is 10.2 Å². The highest BCUT2D eigenvalue weighted by Gasteiger charge is 2.30. The molecule has 1 atom stereocenters. The normalized spacial score (nSPS) is 12.8. The highest BCUT2D eigenvalue weighted by molar-refractivity contribution is 7.91. The van der Waals surface area contributed by atoms with E-state index in [4.69, 9.17) is 0 Å². The predicted molar refractivity (Wildman–Crippen MR) is 78.1 cm³/mol. The largest absolute Gasteiger partial charge is 0.368 e. The summed E-state index contributed by atoms with van der Waals surface area (Å²) in [6.07, 6.45) is 0. The lowest BCUT2D eigenvalue weighted by Crippen LogP contribution is -2.36. The van der Waals surface area contributed by atoms with E-state index in [1.807, 2.05) is 0 Å². The first-order chi connectivity index (χ1) is 10.5. The topological polar surface area (TPSA) is 110 Å². The van der Waals surface area contributed by atoms with Gasteiger partial charge in [-0.15, -0.1) is 0 Å². The number of benzene rings is 1. The zero-order valence-electron chi connectivity index (χ0n) is 12.5. The molecule has 0 bridgehead atoms. The van der Waals surface area contributed by atoms with Crippen LogP contribution in [-0.4, -0.2) is 50.0 Å². The van der Waals surface area contributed by atoms with Crippen molar-refractivity contribution in [2.75, 3.05) is 19.4 Å². The van der Waals surface area contributed by atoms with Crippen molar-refractivity contribution < 1.29 is 26.9 Å². The third kappa shape index (κ3) is 4.12. The van der Waals surface area contributed by atoms with Crippen molar-refractivity contribution in [1.82, 2.24) is 4.90 Å². The van der Waals surface area contributed by atoms with Crippen molar-refractivity contribution in [3.05, 3.63) is 28.3 Å². The number of hydrogen-bond acceptors (Lipinski definition) is 6. The Morgan fingerprint density at radius 3 is 2.35 bits per heavy atom. The fourth-order valence-corrected chi connectivity index (χ4v) is 2.49. The Bertz CT molecular complexity index is 721. The second-order valence-electron chi connectivity index (χ2n) is 4.84. The fraction of sp³-hybridized carbons (Fsp3) is 0.417. The first-order valence-electron chi connectivity index (χ1n) is 6.26. The number of nitrogens with zero attached hydrogens (tertiary/aromatic N) is 2. The Balaban J connectivity index is 3.26. The molecule has 0 aliphatic carbocycles. The van der Waals surface area contributed by atoms with E-state index < -0.39 is 37.1 Å². The molecular formula is C12H15F2N3O5S. The van der Waals surface area contributed by atoms with Crippen LogP contribution in [0.2, 0.25) is 0 Å². The van der Waals surface area contributed by atoms with Crippen molar-refractivity contribution in [1.29, 1.82) is 0 Å². The van der Waals surface area contributed by atoms with E-state index in [9.17, 15) is 32.1 Å². The van der Waals surface area contributed by atoms with Crippen LogP contribution in [0.3, 0.4) is 0 Å². The molecule has 1 aromatic carbocycles. The predicted octanol–water partition coefficient (Wildman–Crippen LogP) is 1.48. The summed E-state index contributed by atoms with van der Waals surface area (Å²) in [5.74, 6) is -4.06. The molecule has 1 aromatic rings. The summed E-state index contributed by atoms with van der Waals surface area (Å²) in [4.78, 5) is 22.3. The van der Waals surface area contributed by atoms with Gasteiger partial charge >= 0.3 is 5.76 Å². The van der Waals surface area contributed by atoms with Gasteiger partial charge in [-0.05, 0) is 19.1 Å². The van der Waals surface area contributed by atoms with Crippen LogP contribution in [0.1, 0.15) is 6.92 Å². The van der Waals surface area contributed by atoms with Crippen LogP contribution >= 0.6 is 0 Å². The van der Waals surface area contributed by atoms with Crippen molar-refractivity contribution in [2.45, 2.75) is 23.6 Å². The average Bonchev–Trinajstić information content (AvgIpc) is 2.45. The molecule has 23 heavy (non-hydrogen) atoms. The van der Waals surface area contributed by atoms with E-state index in [-0.39, 0.29) is 11.6 Å². The summed E-state index contributed by atoms with van der Waals surface area (Å²) in [6, 6.07) is 1.51. The van der Waals surface area contributed by atoms with Crippen molar-refractivity contribution in [3.63, 3.8) is 0 Å². The zero-order valence-corrected chi connectivity index (χ0v) is 13.3. The third-order valence-corrected chi connectivity index (χ3v) is 4.29. The van der Waals surface area contributed by atoms with Crippen LogP contribution in [0.15, 0.2) is 23.1 Å². The molecule has 8 nitrogen and oxygen atoms in total. The van der Waals surface area contributed by atoms with E-state index in [0.717, 1.165) is 12.1 Å². The number of anilines is 1. The summed E-state index contributed by atoms with van der Waals surface area (Å²) in [6.45, 7) is 1.45. The second kappa shape index (κ2) is 6.86. The van der Waals surface area contributed by atoms with E-state index in [0.29, 0.717) is 6.07 Å². The Kier molecular flexibility index (Phi) is 5.59. The number of carbonyl (C=O) groups is 1. The molecule has 0 spiro atoms. The lowest BCUT2D eigenvalue weighted by atomic mass is 10.2. The summed E-state index contributed by atoms with van der Waals surface area (Å²) in [5, 5.41) is 13.6. The quantitative estimate of drug-likeness (QED) is 0.614.